The SMILES string of the molecule is CC(C)C(NC=O)C(=O)NCC(=O)Nc1ccc(COC(=O)C2CCCCCCC2)cc1. The van der Waals surface area contributed by atoms with Gasteiger partial charge in [0.25, 0.3) is 0 Å². The maximum atomic E-state index is 12.4. The predicted octanol–water partition coefficient (Wildman–Crippen LogP) is 2.92. The van der Waals surface area contributed by atoms with Gasteiger partial charge in [0.1, 0.15) is 12.6 Å². The molecule has 1 aromatic rings. The molecule has 0 saturated heterocycles. The van der Waals surface area contributed by atoms with Gasteiger partial charge in [-0.2, -0.15) is 0 Å². The first-order valence-corrected chi connectivity index (χ1v) is 11.4. The number of ether oxygens (including phenoxy) is 1. The molecule has 0 bridgehead atoms. The third-order valence-electron chi connectivity index (χ3n) is 5.68. The molecule has 1 fully saturated rings. The molecular formula is C24H35N3O5. The average Bonchev–Trinajstić information content (AvgIpc) is 2.74. The van der Waals surface area contributed by atoms with Crippen LogP contribution in [0.2, 0.25) is 0 Å². The Kier molecular flexibility index (Phi) is 10.7. The van der Waals surface area contributed by atoms with E-state index in [1.165, 1.54) is 19.3 Å². The summed E-state index contributed by atoms with van der Waals surface area (Å²) in [4.78, 5) is 47.2. The number of carbonyl (C=O) groups excluding carboxylic acids is 4. The highest BCUT2D eigenvalue weighted by molar-refractivity contribution is 5.95. The molecule has 176 valence electrons. The van der Waals surface area contributed by atoms with Gasteiger partial charge in [0.2, 0.25) is 18.2 Å². The quantitative estimate of drug-likeness (QED) is 0.379. The van der Waals surface area contributed by atoms with E-state index in [2.05, 4.69) is 16.0 Å². The molecule has 0 aliphatic heterocycles. The second-order valence-corrected chi connectivity index (χ2v) is 8.62. The fourth-order valence-corrected chi connectivity index (χ4v) is 3.78. The zero-order chi connectivity index (χ0) is 23.3. The van der Waals surface area contributed by atoms with Crippen LogP contribution < -0.4 is 16.0 Å². The van der Waals surface area contributed by atoms with Gasteiger partial charge in [-0.25, -0.2) is 0 Å². The van der Waals surface area contributed by atoms with Crippen molar-refractivity contribution in [1.82, 2.24) is 10.6 Å². The number of amides is 3. The number of hydrogen-bond donors (Lipinski definition) is 3. The number of benzene rings is 1. The number of anilines is 1. The molecule has 1 aromatic carbocycles. The minimum atomic E-state index is -0.690. The summed E-state index contributed by atoms with van der Waals surface area (Å²) in [6.07, 6.45) is 8.09. The summed E-state index contributed by atoms with van der Waals surface area (Å²) in [7, 11) is 0. The number of rotatable bonds is 10. The molecule has 1 aliphatic rings. The number of hydrogen-bond acceptors (Lipinski definition) is 5. The van der Waals surface area contributed by atoms with E-state index in [0.29, 0.717) is 12.1 Å². The second-order valence-electron chi connectivity index (χ2n) is 8.62. The Morgan fingerprint density at radius 3 is 2.25 bits per heavy atom. The molecular weight excluding hydrogens is 410 g/mol. The highest BCUT2D eigenvalue weighted by Crippen LogP contribution is 2.23. The van der Waals surface area contributed by atoms with Crippen molar-refractivity contribution in [1.29, 1.82) is 0 Å². The third kappa shape index (κ3) is 8.69. The summed E-state index contributed by atoms with van der Waals surface area (Å²) < 4.78 is 5.51. The van der Waals surface area contributed by atoms with E-state index in [-0.39, 0.29) is 36.9 Å². The number of carbonyl (C=O) groups is 4. The highest BCUT2D eigenvalue weighted by atomic mass is 16.5. The zero-order valence-electron chi connectivity index (χ0n) is 19.0. The molecule has 1 aliphatic carbocycles. The summed E-state index contributed by atoms with van der Waals surface area (Å²) in [5.41, 5.74) is 1.42. The van der Waals surface area contributed by atoms with Gasteiger partial charge in [-0.3, -0.25) is 19.2 Å². The molecule has 1 unspecified atom stereocenters. The Hall–Kier alpha value is -2.90. The first-order chi connectivity index (χ1) is 15.4. The van der Waals surface area contributed by atoms with Crippen molar-refractivity contribution >= 4 is 29.9 Å². The topological polar surface area (TPSA) is 114 Å². The fraction of sp³-hybridized carbons (Fsp3) is 0.583. The molecule has 3 N–H and O–H groups in total. The molecule has 1 atom stereocenters. The van der Waals surface area contributed by atoms with Gasteiger partial charge in [-0.05, 0) is 36.5 Å². The highest BCUT2D eigenvalue weighted by Gasteiger charge is 2.22. The van der Waals surface area contributed by atoms with Crippen LogP contribution in [-0.4, -0.2) is 36.8 Å². The molecule has 0 heterocycles. The minimum absolute atomic E-state index is 0.00102. The van der Waals surface area contributed by atoms with E-state index < -0.39 is 11.9 Å². The van der Waals surface area contributed by atoms with Crippen LogP contribution in [-0.2, 0) is 30.5 Å². The normalized spacial score (nSPS) is 15.7. The standard InChI is InChI=1S/C24H35N3O5/c1-17(2)22(26-16-28)23(30)25-14-21(29)27-20-12-10-18(11-13-20)15-32-24(31)19-8-6-4-3-5-7-9-19/h10-13,16-17,19,22H,3-9,14-15H2,1-2H3,(H,25,30)(H,26,28)(H,27,29). The van der Waals surface area contributed by atoms with Crippen molar-refractivity contribution in [2.75, 3.05) is 11.9 Å². The molecule has 8 heteroatoms. The van der Waals surface area contributed by atoms with E-state index in [1.54, 1.807) is 38.1 Å². The van der Waals surface area contributed by atoms with Crippen molar-refractivity contribution in [3.8, 4) is 0 Å². The van der Waals surface area contributed by atoms with Gasteiger partial charge < -0.3 is 20.7 Å². The van der Waals surface area contributed by atoms with Crippen LogP contribution in [0, 0.1) is 11.8 Å². The molecule has 0 radical (unpaired) electrons. The Balaban J connectivity index is 1.75. The minimum Gasteiger partial charge on any atom is -0.461 e. The predicted molar refractivity (Wildman–Crippen MR) is 122 cm³/mol. The Morgan fingerprint density at radius 1 is 1.03 bits per heavy atom. The van der Waals surface area contributed by atoms with Crippen molar-refractivity contribution in [3.05, 3.63) is 29.8 Å². The van der Waals surface area contributed by atoms with Crippen LogP contribution in [0.5, 0.6) is 0 Å². The van der Waals surface area contributed by atoms with Crippen LogP contribution in [0.1, 0.15) is 64.4 Å². The van der Waals surface area contributed by atoms with Gasteiger partial charge in [-0.1, -0.05) is 58.1 Å². The Bertz CT molecular complexity index is 755. The monoisotopic (exact) mass is 445 g/mol. The molecule has 8 nitrogen and oxygen atoms in total. The molecule has 2 rings (SSSR count). The van der Waals surface area contributed by atoms with Crippen molar-refractivity contribution in [2.24, 2.45) is 11.8 Å². The first-order valence-electron chi connectivity index (χ1n) is 11.4. The van der Waals surface area contributed by atoms with Crippen molar-refractivity contribution in [3.63, 3.8) is 0 Å². The lowest BCUT2D eigenvalue weighted by Gasteiger charge is -2.19. The lowest BCUT2D eigenvalue weighted by atomic mass is 9.91. The van der Waals surface area contributed by atoms with Gasteiger partial charge in [0.15, 0.2) is 0 Å². The molecule has 1 saturated carbocycles. The van der Waals surface area contributed by atoms with E-state index in [1.807, 2.05) is 0 Å². The second kappa shape index (κ2) is 13.5. The van der Waals surface area contributed by atoms with Crippen molar-refractivity contribution < 1.29 is 23.9 Å². The van der Waals surface area contributed by atoms with Gasteiger partial charge in [0, 0.05) is 5.69 Å². The van der Waals surface area contributed by atoms with E-state index >= 15 is 0 Å². The van der Waals surface area contributed by atoms with E-state index in [0.717, 1.165) is 31.2 Å². The van der Waals surface area contributed by atoms with Gasteiger partial charge in [-0.15, -0.1) is 0 Å². The van der Waals surface area contributed by atoms with Crippen LogP contribution in [0.3, 0.4) is 0 Å². The fourth-order valence-electron chi connectivity index (χ4n) is 3.78. The summed E-state index contributed by atoms with van der Waals surface area (Å²) in [5.74, 6) is -1.01. The van der Waals surface area contributed by atoms with Crippen LogP contribution >= 0.6 is 0 Å². The largest absolute Gasteiger partial charge is 0.461 e. The average molecular weight is 446 g/mol. The molecule has 3 amide bonds. The lowest BCUT2D eigenvalue weighted by molar-refractivity contribution is -0.150. The van der Waals surface area contributed by atoms with E-state index in [4.69, 9.17) is 4.74 Å². The van der Waals surface area contributed by atoms with Gasteiger partial charge in [0.05, 0.1) is 12.5 Å². The summed E-state index contributed by atoms with van der Waals surface area (Å²) in [6, 6.07) is 6.35. The third-order valence-corrected chi connectivity index (χ3v) is 5.68. The summed E-state index contributed by atoms with van der Waals surface area (Å²) >= 11 is 0. The summed E-state index contributed by atoms with van der Waals surface area (Å²) in [5, 5.41) is 7.67. The smallest absolute Gasteiger partial charge is 0.309 e. The van der Waals surface area contributed by atoms with Gasteiger partial charge >= 0.3 is 5.97 Å². The molecule has 0 spiro atoms. The van der Waals surface area contributed by atoms with E-state index in [9.17, 15) is 19.2 Å². The first kappa shape index (κ1) is 25.4. The van der Waals surface area contributed by atoms with Crippen LogP contribution in [0.25, 0.3) is 0 Å². The lowest BCUT2D eigenvalue weighted by Crippen LogP contribution is -2.48. The maximum absolute atomic E-state index is 12.4. The Morgan fingerprint density at radius 2 is 1.66 bits per heavy atom. The Labute approximate surface area is 189 Å². The number of nitrogens with one attached hydrogen (secondary N) is 3. The van der Waals surface area contributed by atoms with Crippen molar-refractivity contribution in [2.45, 2.75) is 71.4 Å². The summed E-state index contributed by atoms with van der Waals surface area (Å²) in [6.45, 7) is 3.61. The number of esters is 1. The maximum Gasteiger partial charge on any atom is 0.309 e. The van der Waals surface area contributed by atoms with Crippen LogP contribution in [0.15, 0.2) is 24.3 Å². The molecule has 32 heavy (non-hydrogen) atoms. The van der Waals surface area contributed by atoms with Crippen LogP contribution in [0.4, 0.5) is 5.69 Å². The molecule has 0 aromatic heterocycles. The zero-order valence-corrected chi connectivity index (χ0v) is 19.0.